The Morgan fingerprint density at radius 1 is 0.585 bits per heavy atom. The van der Waals surface area contributed by atoms with E-state index in [1.54, 1.807) is 42.6 Å². The van der Waals surface area contributed by atoms with Crippen LogP contribution in [0.5, 0.6) is 11.5 Å². The topological polar surface area (TPSA) is 136 Å². The first-order valence-electron chi connectivity index (χ1n) is 26.7. The van der Waals surface area contributed by atoms with Crippen LogP contribution in [0.4, 0.5) is 29.7 Å². The predicted molar refractivity (Wildman–Crippen MR) is 313 cm³/mol. The molecule has 0 aliphatic carbocycles. The Bertz CT molecular complexity index is 3350. The lowest BCUT2D eigenvalue weighted by molar-refractivity contribution is -0.134. The number of imide groups is 2. The average Bonchev–Trinajstić information content (AvgIpc) is 4.28. The summed E-state index contributed by atoms with van der Waals surface area (Å²) in [5, 5.41) is 3.40. The molecule has 2 heterocycles. The third-order valence-electron chi connectivity index (χ3n) is 13.3. The minimum absolute atomic E-state index is 0.0822. The number of cyclic esters (lactones) is 2. The molecule has 4 atom stereocenters. The second-order valence-electron chi connectivity index (χ2n) is 19.0. The van der Waals surface area contributed by atoms with E-state index in [4.69, 9.17) is 18.9 Å². The van der Waals surface area contributed by atoms with Gasteiger partial charge in [0.1, 0.15) is 61.6 Å². The van der Waals surface area contributed by atoms with E-state index in [9.17, 15) is 28.0 Å². The summed E-state index contributed by atoms with van der Waals surface area (Å²) in [7, 11) is 0. The van der Waals surface area contributed by atoms with Crippen LogP contribution in [0.3, 0.4) is 0 Å². The number of amides is 4. The number of nitrogens with zero attached hydrogens (tertiary/aromatic N) is 3. The Labute approximate surface area is 476 Å². The van der Waals surface area contributed by atoms with E-state index in [2.05, 4.69) is 23.5 Å². The molecule has 416 valence electrons. The maximum absolute atomic E-state index is 14.2. The number of ether oxygens (including phenoxy) is 4. The summed E-state index contributed by atoms with van der Waals surface area (Å²) in [5.41, 5.74) is 7.01. The minimum Gasteiger partial charge on any atom is -0.489 e. The maximum atomic E-state index is 14.2. The molecule has 10 rings (SSSR count). The van der Waals surface area contributed by atoms with E-state index in [1.807, 2.05) is 170 Å². The molecular weight excluding hydrogens is 1040 g/mol. The van der Waals surface area contributed by atoms with Crippen molar-refractivity contribution in [2.45, 2.75) is 50.6 Å². The van der Waals surface area contributed by atoms with Gasteiger partial charge in [-0.1, -0.05) is 146 Å². The molecule has 0 saturated carbocycles. The van der Waals surface area contributed by atoms with Crippen LogP contribution in [-0.4, -0.2) is 53.2 Å². The number of nitrogens with one attached hydrogen (secondary N) is 1. The number of rotatable bonds is 20. The summed E-state index contributed by atoms with van der Waals surface area (Å²) in [6, 6.07) is 64.5. The average molecular weight is 1100 g/mol. The minimum atomic E-state index is -0.717. The van der Waals surface area contributed by atoms with Crippen molar-refractivity contribution in [1.82, 2.24) is 9.80 Å². The zero-order valence-electron chi connectivity index (χ0n) is 45.1. The lowest BCUT2D eigenvalue weighted by Crippen LogP contribution is -2.42. The molecule has 14 heteroatoms. The number of carbonyl (C=O) groups is 4. The van der Waals surface area contributed by atoms with Crippen molar-refractivity contribution in [3.63, 3.8) is 0 Å². The Balaban J connectivity index is 0.000000180. The molecule has 8 aromatic carbocycles. The summed E-state index contributed by atoms with van der Waals surface area (Å²) in [6.45, 7) is 8.73. The highest BCUT2D eigenvalue weighted by atomic mass is 19.1. The molecule has 8 aromatic rings. The van der Waals surface area contributed by atoms with Gasteiger partial charge < -0.3 is 24.3 Å². The van der Waals surface area contributed by atoms with Crippen molar-refractivity contribution in [2.75, 3.05) is 18.5 Å². The van der Waals surface area contributed by atoms with Gasteiger partial charge in [-0.05, 0) is 131 Å². The van der Waals surface area contributed by atoms with Crippen molar-refractivity contribution >= 4 is 41.6 Å². The molecule has 2 fully saturated rings. The standard InChI is InChI=1S/C34H31FN2O4.C20H16FNO.C14H15NO3/c1-2-9-30(33(38)37-31(23-41-34(37)39)25-12-7-4-8-13-25)32(36-28-18-16-27(35)17-19-28)26-14-20-29(21-15-26)40-22-24-10-5-3-6-11-24;21-18-8-10-19(11-9-18)22-14-16-6-12-20(13-7-16)23-15-17-4-2-1-3-5-17;1-2-3-9-13(16)15-12(10-18-14(15)17)11-7-5-4-6-8-11/h2-8,10-21,30-32,36H,1,9,22-23H2;1-14H,15H2;2,4-8,12H,1,3,9-10H2/t30-,31-,32-;;12-/m1.1/s1. The van der Waals surface area contributed by atoms with E-state index in [0.717, 1.165) is 44.8 Å². The molecule has 1 N–H and O–H groups in total. The van der Waals surface area contributed by atoms with Crippen molar-refractivity contribution in [3.05, 3.63) is 289 Å². The molecule has 0 aromatic heterocycles. The van der Waals surface area contributed by atoms with E-state index in [0.29, 0.717) is 31.1 Å². The van der Waals surface area contributed by atoms with Gasteiger partial charge in [-0.2, -0.15) is 0 Å². The molecule has 0 radical (unpaired) electrons. The lowest BCUT2D eigenvalue weighted by atomic mass is 9.88. The normalized spacial score (nSPS) is 15.1. The number of anilines is 1. The van der Waals surface area contributed by atoms with Crippen molar-refractivity contribution in [3.8, 4) is 11.5 Å². The monoisotopic (exact) mass is 1100 g/mol. The highest BCUT2D eigenvalue weighted by Crippen LogP contribution is 2.37. The van der Waals surface area contributed by atoms with E-state index >= 15 is 0 Å². The van der Waals surface area contributed by atoms with E-state index in [-0.39, 0.29) is 55.5 Å². The van der Waals surface area contributed by atoms with Gasteiger partial charge in [0.15, 0.2) is 0 Å². The number of halogens is 2. The van der Waals surface area contributed by atoms with Crippen LogP contribution in [0.1, 0.15) is 70.8 Å². The fourth-order valence-corrected chi connectivity index (χ4v) is 9.01. The van der Waals surface area contributed by atoms with Crippen molar-refractivity contribution in [1.29, 1.82) is 0 Å². The van der Waals surface area contributed by atoms with Crippen LogP contribution < -0.4 is 14.8 Å². The second-order valence-corrected chi connectivity index (χ2v) is 19.0. The number of hydrogen-bond acceptors (Lipinski definition) is 10. The molecule has 0 spiro atoms. The van der Waals surface area contributed by atoms with Gasteiger partial charge in [0, 0.05) is 18.3 Å². The molecule has 0 unspecified atom stereocenters. The maximum Gasteiger partial charge on any atom is 0.417 e. The van der Waals surface area contributed by atoms with E-state index < -0.39 is 30.2 Å². The summed E-state index contributed by atoms with van der Waals surface area (Å²) < 4.78 is 48.5. The van der Waals surface area contributed by atoms with Crippen LogP contribution in [0, 0.1) is 17.6 Å². The first-order chi connectivity index (χ1) is 40.1. The van der Waals surface area contributed by atoms with Crippen LogP contribution >= 0.6 is 0 Å². The fraction of sp³-hybridized carbons (Fsp3) is 0.162. The second kappa shape index (κ2) is 29.9. The Morgan fingerprint density at radius 3 is 1.55 bits per heavy atom. The van der Waals surface area contributed by atoms with Gasteiger partial charge in [0.25, 0.3) is 0 Å². The molecule has 2 saturated heterocycles. The van der Waals surface area contributed by atoms with Crippen LogP contribution in [-0.2, 0) is 32.3 Å². The number of carbonyl (C=O) groups excluding carboxylic acids is 4. The zero-order chi connectivity index (χ0) is 57.5. The Kier molecular flexibility index (Phi) is 21.2. The van der Waals surface area contributed by atoms with Gasteiger partial charge in [0.05, 0.1) is 17.6 Å². The molecule has 82 heavy (non-hydrogen) atoms. The molecule has 4 amide bonds. The molecule has 2 aliphatic rings. The smallest absolute Gasteiger partial charge is 0.417 e. The lowest BCUT2D eigenvalue weighted by Gasteiger charge is -2.31. The zero-order valence-corrected chi connectivity index (χ0v) is 45.1. The largest absolute Gasteiger partial charge is 0.489 e. The van der Waals surface area contributed by atoms with Gasteiger partial charge >= 0.3 is 12.2 Å². The summed E-state index contributed by atoms with van der Waals surface area (Å²) in [6.07, 6.45) is 4.96. The van der Waals surface area contributed by atoms with Crippen LogP contribution in [0.2, 0.25) is 0 Å². The summed E-state index contributed by atoms with van der Waals surface area (Å²) in [4.78, 5) is 57.4. The van der Waals surface area contributed by atoms with Gasteiger partial charge in [-0.15, -0.1) is 13.2 Å². The first-order valence-corrected chi connectivity index (χ1v) is 26.7. The third kappa shape index (κ3) is 16.6. The molecule has 2 aliphatic heterocycles. The summed E-state index contributed by atoms with van der Waals surface area (Å²) >= 11 is 0. The van der Waals surface area contributed by atoms with Crippen LogP contribution in [0.15, 0.2) is 249 Å². The third-order valence-corrected chi connectivity index (χ3v) is 13.3. The number of allylic oxidation sites excluding steroid dienone is 2. The quantitative estimate of drug-likeness (QED) is 0.0584. The molecular formula is C68H62F2N4O8. The SMILES string of the molecule is C=CCCC(=O)N1C(=O)OC[C@@H]1c1ccccc1.C=CC[C@@H](C(=O)N1C(=O)OC[C@@H]1c1ccccc1)[C@H](Nc1ccc(F)cc1)c1ccc(OCc2ccccc2)cc1.Fc1ccc(N=Cc2ccc(OCc3ccccc3)cc2)cc1. The fourth-order valence-electron chi connectivity index (χ4n) is 9.01. The van der Waals surface area contributed by atoms with E-state index in [1.165, 1.54) is 34.1 Å². The highest BCUT2D eigenvalue weighted by Gasteiger charge is 2.44. The van der Waals surface area contributed by atoms with Gasteiger partial charge in [0.2, 0.25) is 11.8 Å². The van der Waals surface area contributed by atoms with Crippen molar-refractivity contribution in [2.24, 2.45) is 10.9 Å². The first kappa shape index (κ1) is 58.2. The Morgan fingerprint density at radius 2 is 1.05 bits per heavy atom. The molecule has 0 bridgehead atoms. The number of hydrogen-bond donors (Lipinski definition) is 1. The predicted octanol–water partition coefficient (Wildman–Crippen LogP) is 15.3. The highest BCUT2D eigenvalue weighted by molar-refractivity contribution is 5.96. The Hall–Kier alpha value is -9.95. The van der Waals surface area contributed by atoms with Crippen molar-refractivity contribution < 1.29 is 46.9 Å². The molecule has 12 nitrogen and oxygen atoms in total. The van der Waals surface area contributed by atoms with Gasteiger partial charge in [-0.3, -0.25) is 14.6 Å². The number of benzene rings is 8. The van der Waals surface area contributed by atoms with Crippen LogP contribution in [0.25, 0.3) is 0 Å². The van der Waals surface area contributed by atoms with Gasteiger partial charge in [-0.25, -0.2) is 28.2 Å². The number of aliphatic imine (C=N–C) groups is 1. The summed E-state index contributed by atoms with van der Waals surface area (Å²) in [5.74, 6) is -0.452.